The van der Waals surface area contributed by atoms with E-state index in [9.17, 15) is 17.6 Å². The first kappa shape index (κ1) is 18.6. The van der Waals surface area contributed by atoms with Gasteiger partial charge in [-0.15, -0.1) is 0 Å². The molecule has 0 spiro atoms. The molecule has 1 aliphatic rings. The lowest BCUT2D eigenvalue weighted by atomic mass is 10.0. The number of aliphatic carboxylic acids is 1. The van der Waals surface area contributed by atoms with Gasteiger partial charge in [-0.25, -0.2) is 12.8 Å². The van der Waals surface area contributed by atoms with E-state index in [-0.39, 0.29) is 17.2 Å². The number of carboxylic acids is 1. The number of aromatic nitrogens is 1. The smallest absolute Gasteiger partial charge is 0.304 e. The summed E-state index contributed by atoms with van der Waals surface area (Å²) in [6, 6.07) is 9.56. The number of sulfone groups is 1. The summed E-state index contributed by atoms with van der Waals surface area (Å²) in [4.78, 5) is 11.7. The second-order valence-electron chi connectivity index (χ2n) is 7.46. The highest BCUT2D eigenvalue weighted by Gasteiger charge is 2.33. The highest BCUT2D eigenvalue weighted by molar-refractivity contribution is 7.91. The van der Waals surface area contributed by atoms with Crippen molar-refractivity contribution in [3.63, 3.8) is 0 Å². The van der Waals surface area contributed by atoms with E-state index in [4.69, 9.17) is 13.0 Å². The Balaban J connectivity index is 1.99. The molecule has 1 aliphatic carbocycles. The molecule has 0 saturated heterocycles. The molecule has 1 atom stereocenters. The fourth-order valence-electron chi connectivity index (χ4n) is 4.31. The molecular weight excluding hydrogens is 417 g/mol. The third kappa shape index (κ3) is 3.65. The van der Waals surface area contributed by atoms with Crippen molar-refractivity contribution in [1.29, 1.82) is 1.43 Å². The van der Waals surface area contributed by atoms with Crippen molar-refractivity contribution in [2.75, 3.05) is 6.26 Å². The van der Waals surface area contributed by atoms with Crippen molar-refractivity contribution < 1.29 is 22.7 Å². The van der Waals surface area contributed by atoms with Gasteiger partial charge < -0.3 is 9.68 Å². The molecular formula is C21H19ClFNO4S. The Bertz CT molecular complexity index is 1250. The van der Waals surface area contributed by atoms with E-state index in [0.29, 0.717) is 35.3 Å². The van der Waals surface area contributed by atoms with Crippen molar-refractivity contribution in [2.24, 2.45) is 0 Å². The lowest BCUT2D eigenvalue weighted by Gasteiger charge is -2.17. The minimum Gasteiger partial charge on any atom is -0.481 e. The zero-order valence-corrected chi connectivity index (χ0v) is 17.2. The first-order valence-electron chi connectivity index (χ1n) is 9.55. The van der Waals surface area contributed by atoms with Gasteiger partial charge >= 0.3 is 5.97 Å². The topological polar surface area (TPSA) is 76.4 Å². The van der Waals surface area contributed by atoms with Crippen LogP contribution in [-0.4, -0.2) is 30.3 Å². The Hall–Kier alpha value is -2.38. The molecule has 0 radical (unpaired) electrons. The Morgan fingerprint density at radius 1 is 1.34 bits per heavy atom. The second kappa shape index (κ2) is 7.15. The summed E-state index contributed by atoms with van der Waals surface area (Å²) in [7, 11) is -3.71. The molecule has 1 aromatic heterocycles. The molecule has 5 nitrogen and oxygen atoms in total. The molecule has 3 aromatic rings. The van der Waals surface area contributed by atoms with Gasteiger partial charge in [-0.05, 0) is 48.2 Å². The largest absolute Gasteiger partial charge is 0.481 e. The summed E-state index contributed by atoms with van der Waals surface area (Å²) in [6.45, 7) is 0.337. The number of fused-ring (bicyclic) bond motifs is 3. The van der Waals surface area contributed by atoms with Gasteiger partial charge in [-0.2, -0.15) is 0 Å². The Kier molecular flexibility index (Phi) is 4.59. The molecule has 0 bridgehead atoms. The lowest BCUT2D eigenvalue weighted by molar-refractivity contribution is -0.137. The molecule has 4 rings (SSSR count). The van der Waals surface area contributed by atoms with Crippen LogP contribution in [0.15, 0.2) is 41.3 Å². The van der Waals surface area contributed by atoms with Crippen molar-refractivity contribution in [3.05, 3.63) is 64.1 Å². The predicted molar refractivity (Wildman–Crippen MR) is 109 cm³/mol. The van der Waals surface area contributed by atoms with Crippen molar-refractivity contribution in [2.45, 2.75) is 36.6 Å². The SMILES string of the molecule is [2H]OC(=O)C[C@H]1CCc2c1n(Cc1ccc(Cl)cc1)c1c(S(C)(=O)=O)cc(F)cc21. The third-order valence-corrected chi connectivity index (χ3v) is 6.79. The van der Waals surface area contributed by atoms with Gasteiger partial charge in [-0.1, -0.05) is 23.7 Å². The summed E-state index contributed by atoms with van der Waals surface area (Å²) >= 11 is 5.98. The normalized spacial score (nSPS) is 16.7. The standard InChI is InChI=1S/C21H19ClFNO4S/c1-29(27,28)18-10-15(23)9-17-16-7-4-13(8-19(25)26)20(16)24(21(17)18)11-12-2-5-14(22)6-3-12/h2-3,5-6,9-10,13H,4,7-8,11H2,1H3,(H,25,26)/t13-/m1/s1/i/hD. The molecule has 0 unspecified atom stereocenters. The number of hydrogen-bond acceptors (Lipinski definition) is 4. The van der Waals surface area contributed by atoms with Crippen LogP contribution in [0.4, 0.5) is 4.39 Å². The van der Waals surface area contributed by atoms with Crippen LogP contribution in [0.2, 0.25) is 5.02 Å². The van der Waals surface area contributed by atoms with Crippen LogP contribution in [0.5, 0.6) is 0 Å². The van der Waals surface area contributed by atoms with Gasteiger partial charge in [0, 0.05) is 34.8 Å². The fraction of sp³-hybridized carbons (Fsp3) is 0.286. The van der Waals surface area contributed by atoms with Crippen LogP contribution < -0.4 is 0 Å². The third-order valence-electron chi connectivity index (χ3n) is 5.43. The molecule has 8 heteroatoms. The van der Waals surface area contributed by atoms with Gasteiger partial charge in [0.15, 0.2) is 9.84 Å². The molecule has 0 saturated carbocycles. The highest BCUT2D eigenvalue weighted by Crippen LogP contribution is 2.44. The van der Waals surface area contributed by atoms with Crippen LogP contribution in [0, 0.1) is 5.82 Å². The number of aryl methyl sites for hydroxylation is 1. The van der Waals surface area contributed by atoms with Gasteiger partial charge in [0.1, 0.15) is 5.82 Å². The second-order valence-corrected chi connectivity index (χ2v) is 9.88. The van der Waals surface area contributed by atoms with Gasteiger partial charge in [0.05, 0.1) is 16.8 Å². The Morgan fingerprint density at radius 2 is 2.07 bits per heavy atom. The zero-order valence-electron chi connectivity index (χ0n) is 16.6. The summed E-state index contributed by atoms with van der Waals surface area (Å²) < 4.78 is 48.0. The Labute approximate surface area is 174 Å². The number of benzene rings is 2. The van der Waals surface area contributed by atoms with E-state index in [1.54, 1.807) is 12.1 Å². The van der Waals surface area contributed by atoms with Crippen LogP contribution in [0.3, 0.4) is 0 Å². The number of carbonyl (C=O) groups is 1. The maximum atomic E-state index is 14.4. The van der Waals surface area contributed by atoms with E-state index < -0.39 is 21.6 Å². The molecule has 0 fully saturated rings. The minimum absolute atomic E-state index is 0.00410. The molecule has 152 valence electrons. The van der Waals surface area contributed by atoms with Gasteiger partial charge in [-0.3, -0.25) is 4.79 Å². The number of rotatable bonds is 5. The van der Waals surface area contributed by atoms with E-state index in [1.165, 1.54) is 6.07 Å². The average molecular weight is 437 g/mol. The van der Waals surface area contributed by atoms with Crippen LogP contribution in [-0.2, 0) is 27.6 Å². The molecule has 0 aliphatic heterocycles. The van der Waals surface area contributed by atoms with E-state index in [1.807, 2.05) is 16.7 Å². The highest BCUT2D eigenvalue weighted by atomic mass is 35.5. The summed E-state index contributed by atoms with van der Waals surface area (Å²) in [6.07, 6.45) is 2.29. The number of hydrogen-bond donors (Lipinski definition) is 1. The van der Waals surface area contributed by atoms with E-state index in [2.05, 4.69) is 5.11 Å². The molecule has 1 heterocycles. The summed E-state index contributed by atoms with van der Waals surface area (Å²) in [5, 5.41) is 5.22. The van der Waals surface area contributed by atoms with Crippen molar-refractivity contribution in [3.8, 4) is 0 Å². The lowest BCUT2D eigenvalue weighted by Crippen LogP contribution is -2.12. The number of nitrogens with zero attached hydrogens (tertiary/aromatic N) is 1. The summed E-state index contributed by atoms with van der Waals surface area (Å²) in [5.74, 6) is -1.53. The monoisotopic (exact) mass is 436 g/mol. The molecule has 1 N–H and O–H groups in total. The van der Waals surface area contributed by atoms with Gasteiger partial charge in [0.25, 0.3) is 1.43 Å². The van der Waals surface area contributed by atoms with Gasteiger partial charge in [0.2, 0.25) is 0 Å². The quantitative estimate of drug-likeness (QED) is 0.643. The van der Waals surface area contributed by atoms with Crippen LogP contribution in [0.1, 0.15) is 35.6 Å². The number of halogens is 2. The minimum atomic E-state index is -3.71. The molecule has 2 aromatic carbocycles. The first-order chi connectivity index (χ1) is 14.2. The summed E-state index contributed by atoms with van der Waals surface area (Å²) in [5.41, 5.74) is 2.95. The van der Waals surface area contributed by atoms with E-state index >= 15 is 0 Å². The first-order valence-corrected chi connectivity index (χ1v) is 11.4. The van der Waals surface area contributed by atoms with Crippen LogP contribution >= 0.6 is 11.6 Å². The van der Waals surface area contributed by atoms with Crippen molar-refractivity contribution in [1.82, 2.24) is 4.57 Å². The molecule has 0 amide bonds. The predicted octanol–water partition coefficient (Wildman–Crippen LogP) is 4.39. The van der Waals surface area contributed by atoms with Crippen molar-refractivity contribution >= 4 is 38.3 Å². The zero-order chi connectivity index (χ0) is 21.6. The van der Waals surface area contributed by atoms with Crippen LogP contribution in [0.25, 0.3) is 12.3 Å². The molecule has 29 heavy (non-hydrogen) atoms. The maximum absolute atomic E-state index is 14.4. The van der Waals surface area contributed by atoms with E-state index in [0.717, 1.165) is 29.1 Å². The fourth-order valence-corrected chi connectivity index (χ4v) is 5.33. The Morgan fingerprint density at radius 3 is 2.72 bits per heavy atom. The average Bonchev–Trinajstić information content (AvgIpc) is 3.22. The maximum Gasteiger partial charge on any atom is 0.304 e. The number of carboxylic acid groups (broad SMARTS) is 1.